The van der Waals surface area contributed by atoms with Crippen LogP contribution < -0.4 is 0 Å². The molecule has 0 spiro atoms. The number of Topliss-reactive ketones (excluding diaryl/α,β-unsaturated/α-hetero) is 1. The van der Waals surface area contributed by atoms with Crippen LogP contribution in [0.3, 0.4) is 0 Å². The number of piperidine rings is 1. The lowest BCUT2D eigenvalue weighted by Crippen LogP contribution is -2.36. The third-order valence-corrected chi connectivity index (χ3v) is 4.99. The van der Waals surface area contributed by atoms with E-state index in [2.05, 4.69) is 30.5 Å². The average Bonchev–Trinajstić information content (AvgIpc) is 2.90. The number of allylic oxidation sites excluding steroid dienone is 4. The number of rotatable bonds is 1. The summed E-state index contributed by atoms with van der Waals surface area (Å²) >= 11 is 0. The fraction of sp³-hybridized carbons (Fsp3) is 0.409. The summed E-state index contributed by atoms with van der Waals surface area (Å²) in [6.45, 7) is 15.6. The van der Waals surface area contributed by atoms with Gasteiger partial charge in [-0.15, -0.1) is 0 Å². The molecule has 1 aromatic carbocycles. The molecule has 1 saturated heterocycles. The van der Waals surface area contributed by atoms with Gasteiger partial charge in [-0.2, -0.15) is 0 Å². The Bertz CT molecular complexity index is 879. The predicted octanol–water partition coefficient (Wildman–Crippen LogP) is 4.82. The first-order valence-electron chi connectivity index (χ1n) is 9.06. The topological polar surface area (TPSA) is 48.5 Å². The first-order valence-corrected chi connectivity index (χ1v) is 9.06. The summed E-state index contributed by atoms with van der Waals surface area (Å²) in [7, 11) is 0. The summed E-state index contributed by atoms with van der Waals surface area (Å²) in [5, 5.41) is 9.54. The van der Waals surface area contributed by atoms with Gasteiger partial charge >= 0.3 is 0 Å². The van der Waals surface area contributed by atoms with Crippen LogP contribution in [-0.2, 0) is 0 Å². The average molecular weight is 345 g/mol. The van der Waals surface area contributed by atoms with Crippen molar-refractivity contribution < 1.29 is 4.79 Å². The van der Waals surface area contributed by atoms with E-state index in [9.17, 15) is 10.1 Å². The van der Waals surface area contributed by atoms with E-state index in [0.717, 1.165) is 31.6 Å². The number of fused-ring (bicyclic) bond motifs is 1. The van der Waals surface area contributed by atoms with E-state index in [1.54, 1.807) is 6.07 Å². The van der Waals surface area contributed by atoms with E-state index in [4.69, 9.17) is 6.57 Å². The number of hydrogen-bond donors (Lipinski definition) is 0. The van der Waals surface area contributed by atoms with Crippen molar-refractivity contribution in [2.24, 2.45) is 5.41 Å². The minimum absolute atomic E-state index is 0.00272. The van der Waals surface area contributed by atoms with Crippen LogP contribution in [0.5, 0.6) is 0 Å². The van der Waals surface area contributed by atoms with Gasteiger partial charge in [0.2, 0.25) is 0 Å². The second kappa shape index (κ2) is 6.81. The highest BCUT2D eigenvalue weighted by Gasteiger charge is 2.39. The maximum Gasteiger partial charge on any atom is 0.270 e. The van der Waals surface area contributed by atoms with Gasteiger partial charge < -0.3 is 4.90 Å². The van der Waals surface area contributed by atoms with Crippen molar-refractivity contribution >= 4 is 11.4 Å². The molecule has 0 N–H and O–H groups in total. The van der Waals surface area contributed by atoms with Crippen molar-refractivity contribution in [2.75, 3.05) is 13.1 Å². The van der Waals surface area contributed by atoms with Crippen LogP contribution in [0.15, 0.2) is 41.2 Å². The second-order valence-corrected chi connectivity index (χ2v) is 7.84. The Morgan fingerprint density at radius 2 is 1.73 bits per heavy atom. The van der Waals surface area contributed by atoms with Crippen LogP contribution in [0.25, 0.3) is 10.4 Å². The molecule has 0 aromatic heterocycles. The lowest BCUT2D eigenvalue weighted by atomic mass is 9.84. The van der Waals surface area contributed by atoms with Crippen LogP contribution in [0, 0.1) is 23.3 Å². The highest BCUT2D eigenvalue weighted by atomic mass is 16.1. The van der Waals surface area contributed by atoms with E-state index in [0.29, 0.717) is 22.3 Å². The van der Waals surface area contributed by atoms with Crippen LogP contribution in [-0.4, -0.2) is 23.8 Å². The molecule has 1 aliphatic carbocycles. The maximum absolute atomic E-state index is 13.3. The summed E-state index contributed by atoms with van der Waals surface area (Å²) in [6, 6.07) is 9.33. The minimum atomic E-state index is -0.266. The smallest absolute Gasteiger partial charge is 0.270 e. The molecule has 0 unspecified atom stereocenters. The number of carbonyl (C=O) groups excluding carboxylic acids is 1. The number of carbonyl (C=O) groups is 1. The fourth-order valence-corrected chi connectivity index (χ4v) is 4.02. The molecule has 1 aliphatic heterocycles. The molecule has 4 nitrogen and oxygen atoms in total. The van der Waals surface area contributed by atoms with Gasteiger partial charge in [0.1, 0.15) is 0 Å². The summed E-state index contributed by atoms with van der Waals surface area (Å²) < 4.78 is 0. The Labute approximate surface area is 155 Å². The number of nitrogens with zero attached hydrogens (tertiary/aromatic N) is 3. The van der Waals surface area contributed by atoms with Crippen molar-refractivity contribution in [1.82, 2.24) is 4.90 Å². The van der Waals surface area contributed by atoms with Gasteiger partial charge in [0.05, 0.1) is 12.6 Å². The summed E-state index contributed by atoms with van der Waals surface area (Å²) in [6.07, 6.45) is 3.40. The zero-order chi connectivity index (χ0) is 18.9. The largest absolute Gasteiger partial charge is 0.374 e. The molecule has 4 heteroatoms. The molecule has 0 atom stereocenters. The Kier molecular flexibility index (Phi) is 4.70. The number of nitriles is 1. The van der Waals surface area contributed by atoms with Crippen LogP contribution in [0.2, 0.25) is 0 Å². The van der Waals surface area contributed by atoms with Gasteiger partial charge in [0.25, 0.3) is 5.70 Å². The molecule has 2 aliphatic rings. The van der Waals surface area contributed by atoms with Gasteiger partial charge in [-0.05, 0) is 24.8 Å². The molecular weight excluding hydrogens is 322 g/mol. The van der Waals surface area contributed by atoms with Gasteiger partial charge in [-0.25, -0.2) is 10.1 Å². The molecule has 132 valence electrons. The molecule has 1 heterocycles. The Morgan fingerprint density at radius 1 is 1.12 bits per heavy atom. The van der Waals surface area contributed by atoms with Crippen LogP contribution >= 0.6 is 0 Å². The molecule has 0 saturated carbocycles. The first-order chi connectivity index (χ1) is 12.4. The number of hydrogen-bond acceptors (Lipinski definition) is 3. The van der Waals surface area contributed by atoms with Gasteiger partial charge in [0, 0.05) is 40.9 Å². The fourth-order valence-electron chi connectivity index (χ4n) is 4.02. The SMILES string of the molecule is [C-]#[N+]/C(C#N)=C1\C(=C(/N2CCCCC2)C(C)(C)C)C(=O)c2ccccc21. The summed E-state index contributed by atoms with van der Waals surface area (Å²) in [4.78, 5) is 19.1. The molecule has 26 heavy (non-hydrogen) atoms. The van der Waals surface area contributed by atoms with Crippen molar-refractivity contribution in [2.45, 2.75) is 40.0 Å². The van der Waals surface area contributed by atoms with E-state index in [-0.39, 0.29) is 16.9 Å². The molecule has 0 bridgehead atoms. The normalized spacial score (nSPS) is 21.0. The molecular formula is C22H23N3O. The van der Waals surface area contributed by atoms with Gasteiger partial charge in [0.15, 0.2) is 5.78 Å². The van der Waals surface area contributed by atoms with Gasteiger partial charge in [-0.3, -0.25) is 4.79 Å². The van der Waals surface area contributed by atoms with Crippen molar-refractivity contribution in [3.8, 4) is 6.07 Å². The minimum Gasteiger partial charge on any atom is -0.374 e. The van der Waals surface area contributed by atoms with Crippen LogP contribution in [0.1, 0.15) is 56.0 Å². The van der Waals surface area contributed by atoms with E-state index >= 15 is 0 Å². The standard InChI is InChI=1S/C22H23N3O/c1-22(2,3)21(25-12-8-5-9-13-25)19-18(17(14-23)24-4)15-10-6-7-11-16(15)20(19)26/h6-7,10-11H,5,8-9,12-13H2,1-3H3/b18-17-,21-19+. The molecule has 0 amide bonds. The highest BCUT2D eigenvalue weighted by Crippen LogP contribution is 2.45. The Hall–Kier alpha value is -2.85. The molecule has 1 fully saturated rings. The quantitative estimate of drug-likeness (QED) is 0.416. The van der Waals surface area contributed by atoms with Crippen LogP contribution in [0.4, 0.5) is 0 Å². The zero-order valence-corrected chi connectivity index (χ0v) is 15.6. The lowest BCUT2D eigenvalue weighted by Gasteiger charge is -2.39. The predicted molar refractivity (Wildman–Crippen MR) is 102 cm³/mol. The monoisotopic (exact) mass is 345 g/mol. The third-order valence-electron chi connectivity index (χ3n) is 4.99. The zero-order valence-electron chi connectivity index (χ0n) is 15.6. The Balaban J connectivity index is 2.37. The summed E-state index contributed by atoms with van der Waals surface area (Å²) in [5.74, 6) is -0.0671. The summed E-state index contributed by atoms with van der Waals surface area (Å²) in [5.41, 5.74) is 3.05. The molecule has 1 aromatic rings. The van der Waals surface area contributed by atoms with E-state index in [1.807, 2.05) is 24.3 Å². The number of ketones is 1. The van der Waals surface area contributed by atoms with E-state index < -0.39 is 0 Å². The van der Waals surface area contributed by atoms with Crippen molar-refractivity contribution in [1.29, 1.82) is 5.26 Å². The van der Waals surface area contributed by atoms with Crippen molar-refractivity contribution in [3.05, 3.63) is 63.8 Å². The maximum atomic E-state index is 13.3. The second-order valence-electron chi connectivity index (χ2n) is 7.84. The highest BCUT2D eigenvalue weighted by molar-refractivity contribution is 6.28. The molecule has 0 radical (unpaired) electrons. The van der Waals surface area contributed by atoms with E-state index in [1.165, 1.54) is 6.42 Å². The number of likely N-dealkylation sites (tertiary alicyclic amines) is 1. The number of benzene rings is 1. The third kappa shape index (κ3) is 2.93. The lowest BCUT2D eigenvalue weighted by molar-refractivity contribution is 0.103. The first kappa shape index (κ1) is 18.0. The van der Waals surface area contributed by atoms with Gasteiger partial charge in [-0.1, -0.05) is 45.0 Å². The Morgan fingerprint density at radius 3 is 2.27 bits per heavy atom. The molecule has 3 rings (SSSR count). The van der Waals surface area contributed by atoms with Crippen molar-refractivity contribution in [3.63, 3.8) is 0 Å².